The van der Waals surface area contributed by atoms with E-state index in [9.17, 15) is 0 Å². The number of rotatable bonds is 7. The summed E-state index contributed by atoms with van der Waals surface area (Å²) in [6, 6.07) is 44.0. The molecule has 0 heterocycles. The van der Waals surface area contributed by atoms with Gasteiger partial charge in [0, 0.05) is 0 Å². The average molecular weight is 736 g/mol. The van der Waals surface area contributed by atoms with Gasteiger partial charge in [-0.1, -0.05) is 0 Å². The van der Waals surface area contributed by atoms with Crippen molar-refractivity contribution in [1.82, 2.24) is 0 Å². The van der Waals surface area contributed by atoms with Crippen molar-refractivity contribution >= 4 is 35.1 Å². The number of allylic oxidation sites excluding steroid dienone is 2. The molecular formula is C42H41Cl2SiZr. The quantitative estimate of drug-likeness (QED) is 0.146. The zero-order valence-electron chi connectivity index (χ0n) is 27.3. The predicted octanol–water partition coefficient (Wildman–Crippen LogP) is 12.9. The van der Waals surface area contributed by atoms with Crippen molar-refractivity contribution in [2.24, 2.45) is 5.92 Å². The van der Waals surface area contributed by atoms with Crippen LogP contribution in [-0.4, -0.2) is 5.92 Å². The molecular weight excluding hydrogens is 695 g/mol. The number of fused-ring (bicyclic) bond motifs is 2. The Morgan fingerprint density at radius 3 is 1.67 bits per heavy atom. The summed E-state index contributed by atoms with van der Waals surface area (Å²) in [5.74, 6) is -1.33. The molecule has 0 aromatic heterocycles. The van der Waals surface area contributed by atoms with E-state index in [0.717, 1.165) is 0 Å². The summed E-state index contributed by atoms with van der Waals surface area (Å²) in [6.45, 7) is 11.8. The Labute approximate surface area is 283 Å². The molecule has 231 valence electrons. The van der Waals surface area contributed by atoms with Crippen LogP contribution in [0.3, 0.4) is 0 Å². The summed E-state index contributed by atoms with van der Waals surface area (Å²) < 4.78 is 0.103. The molecule has 0 bridgehead atoms. The summed E-state index contributed by atoms with van der Waals surface area (Å²) in [7, 11) is 17.4. The van der Waals surface area contributed by atoms with Gasteiger partial charge in [0.15, 0.2) is 0 Å². The molecule has 0 spiro atoms. The van der Waals surface area contributed by atoms with Gasteiger partial charge in [-0.05, 0) is 0 Å². The van der Waals surface area contributed by atoms with Crippen LogP contribution in [0.5, 0.6) is 0 Å². The minimum atomic E-state index is -4.89. The molecule has 0 radical (unpaired) electrons. The van der Waals surface area contributed by atoms with Gasteiger partial charge >= 0.3 is 286 Å². The molecule has 0 nitrogen and oxygen atoms in total. The van der Waals surface area contributed by atoms with E-state index < -0.39 is 21.5 Å². The van der Waals surface area contributed by atoms with Gasteiger partial charge in [0.1, 0.15) is 0 Å². The third-order valence-electron chi connectivity index (χ3n) is 10.6. The molecule has 0 saturated heterocycles. The number of hydrogen-bond donors (Lipinski definition) is 0. The van der Waals surface area contributed by atoms with Crippen LogP contribution in [0.1, 0.15) is 50.3 Å². The maximum atomic E-state index is 8.68. The van der Waals surface area contributed by atoms with Crippen molar-refractivity contribution in [2.45, 2.75) is 41.1 Å². The van der Waals surface area contributed by atoms with Crippen LogP contribution in [-0.2, 0) is 15.6 Å². The van der Waals surface area contributed by atoms with E-state index in [1.807, 2.05) is 0 Å². The Morgan fingerprint density at radius 1 is 0.565 bits per heavy atom. The summed E-state index contributed by atoms with van der Waals surface area (Å²) in [6.07, 6.45) is 4.88. The van der Waals surface area contributed by atoms with Gasteiger partial charge in [0.25, 0.3) is 0 Å². The van der Waals surface area contributed by atoms with Gasteiger partial charge in [0.2, 0.25) is 0 Å². The normalized spacial score (nSPS) is 18.2. The number of halogens is 2. The van der Waals surface area contributed by atoms with Crippen LogP contribution in [0.2, 0.25) is 13.1 Å². The summed E-state index contributed by atoms with van der Waals surface area (Å²) >= 11 is -4.89. The van der Waals surface area contributed by atoms with E-state index in [1.54, 1.807) is 0 Å². The number of benzene rings is 5. The second-order valence-electron chi connectivity index (χ2n) is 13.9. The number of hydrogen-bond acceptors (Lipinski definition) is 0. The molecule has 2 unspecified atom stereocenters. The van der Waals surface area contributed by atoms with Crippen molar-refractivity contribution in [1.29, 1.82) is 0 Å². The molecule has 7 rings (SSSR count). The van der Waals surface area contributed by atoms with Crippen molar-refractivity contribution in [2.75, 3.05) is 0 Å². The maximum absolute atomic E-state index is 8.68. The second kappa shape index (κ2) is 12.1. The molecule has 46 heavy (non-hydrogen) atoms. The van der Waals surface area contributed by atoms with Gasteiger partial charge in [-0.25, -0.2) is 0 Å². The van der Waals surface area contributed by atoms with Gasteiger partial charge in [0.05, 0.1) is 0 Å². The van der Waals surface area contributed by atoms with E-state index in [1.165, 1.54) is 66.8 Å². The predicted molar refractivity (Wildman–Crippen MR) is 202 cm³/mol. The molecule has 2 aliphatic rings. The van der Waals surface area contributed by atoms with Gasteiger partial charge in [-0.3, -0.25) is 0 Å². The summed E-state index contributed by atoms with van der Waals surface area (Å²) in [5, 5.41) is 0. The molecule has 0 N–H and O–H groups in total. The Balaban J connectivity index is 1.50. The van der Waals surface area contributed by atoms with E-state index in [-0.39, 0.29) is 7.25 Å². The van der Waals surface area contributed by atoms with E-state index in [2.05, 4.69) is 167 Å². The zero-order valence-corrected chi connectivity index (χ0v) is 32.4. The van der Waals surface area contributed by atoms with E-state index in [4.69, 9.17) is 17.0 Å². The summed E-state index contributed by atoms with van der Waals surface area (Å²) in [5.41, 5.74) is 15.4. The van der Waals surface area contributed by atoms with Gasteiger partial charge in [-0.2, -0.15) is 0 Å². The Hall–Kier alpha value is -2.74. The van der Waals surface area contributed by atoms with Crippen LogP contribution >= 0.6 is 17.0 Å². The Morgan fingerprint density at radius 2 is 1.11 bits per heavy atom. The summed E-state index contributed by atoms with van der Waals surface area (Å²) in [4.78, 5) is 0. The molecule has 0 aliphatic heterocycles. The minimum absolute atomic E-state index is 0.0380. The molecule has 2 atom stereocenters. The Bertz CT molecular complexity index is 1990. The molecule has 0 amide bonds. The molecule has 5 aromatic rings. The third kappa shape index (κ3) is 5.03. The fourth-order valence-electron chi connectivity index (χ4n) is 8.26. The molecule has 4 heteroatoms. The molecule has 0 saturated carbocycles. The second-order valence-corrected chi connectivity index (χ2v) is 56.4. The van der Waals surface area contributed by atoms with Crippen molar-refractivity contribution in [3.63, 3.8) is 0 Å². The molecule has 0 fully saturated rings. The van der Waals surface area contributed by atoms with Crippen molar-refractivity contribution < 1.29 is 15.6 Å². The SMILES string of the molecule is CC1=Cc2c(-c3ccccc3)cc(-c3ccccc3)cc2[CH]1[Zr]([Cl])([Cl])([CH]1C(C(C)C)=Cc2c(-c3ccccc3)cccc21)[SiH](C)C. The first-order valence-corrected chi connectivity index (χ1v) is 32.8. The first kappa shape index (κ1) is 31.8. The van der Waals surface area contributed by atoms with Gasteiger partial charge < -0.3 is 0 Å². The van der Waals surface area contributed by atoms with Crippen LogP contribution in [0.25, 0.3) is 45.5 Å². The van der Waals surface area contributed by atoms with E-state index in [0.29, 0.717) is 5.92 Å². The van der Waals surface area contributed by atoms with Crippen LogP contribution in [0.15, 0.2) is 132 Å². The van der Waals surface area contributed by atoms with Crippen LogP contribution < -0.4 is 0 Å². The van der Waals surface area contributed by atoms with Crippen molar-refractivity contribution in [3.8, 4) is 33.4 Å². The molecule has 5 aromatic carbocycles. The van der Waals surface area contributed by atoms with E-state index >= 15 is 0 Å². The Kier molecular flexibility index (Phi) is 8.34. The zero-order chi connectivity index (χ0) is 32.2. The first-order valence-electron chi connectivity index (χ1n) is 16.5. The fourth-order valence-corrected chi connectivity index (χ4v) is 40.4. The van der Waals surface area contributed by atoms with Gasteiger partial charge in [-0.15, -0.1) is 0 Å². The fraction of sp³-hybridized carbons (Fsp3) is 0.190. The van der Waals surface area contributed by atoms with Crippen LogP contribution in [0, 0.1) is 5.92 Å². The average Bonchev–Trinajstić information content (AvgIpc) is 3.64. The van der Waals surface area contributed by atoms with Crippen molar-refractivity contribution in [3.05, 3.63) is 155 Å². The first-order chi connectivity index (χ1) is 22.1. The standard InChI is InChI=1S/C22H17.C18H17.C2H7Si.2ClH.Zr/c1-16-12-20-14-19(17-8-4-2-5-9-17)15-22(21(20)13-16)18-10-6-3-7-11-18;1-13(2)16-11-15-9-6-10-17(18(15)12-16)14-7-4-3-5-8-14;1-3-2;;;/h2-15H,1H3;3-13H,1-2H3;3H,1-2H3;2*1H;/q;;;;;+2/p-2. The topological polar surface area (TPSA) is 0 Å². The monoisotopic (exact) mass is 733 g/mol. The third-order valence-corrected chi connectivity index (χ3v) is 62.6. The molecule has 2 aliphatic carbocycles. The van der Waals surface area contributed by atoms with Crippen LogP contribution in [0.4, 0.5) is 0 Å².